The third-order valence-electron chi connectivity index (χ3n) is 4.07. The topological polar surface area (TPSA) is 47.4 Å². The van der Waals surface area contributed by atoms with Gasteiger partial charge in [0.15, 0.2) is 5.69 Å². The van der Waals surface area contributed by atoms with Gasteiger partial charge in [0.2, 0.25) is 0 Å². The third kappa shape index (κ3) is 3.12. The van der Waals surface area contributed by atoms with Crippen molar-refractivity contribution in [3.05, 3.63) is 52.6 Å². The molecular weight excluding hydrogens is 297 g/mol. The van der Waals surface area contributed by atoms with E-state index in [-0.39, 0.29) is 5.82 Å². The molecule has 0 radical (unpaired) electrons. The number of esters is 1. The summed E-state index contributed by atoms with van der Waals surface area (Å²) in [5.41, 5.74) is 2.81. The average Bonchev–Trinajstić information content (AvgIpc) is 2.88. The highest BCUT2D eigenvalue weighted by atomic mass is 19.1. The number of halogens is 1. The Morgan fingerprint density at radius 3 is 2.91 bits per heavy atom. The number of carbonyl (C=O) groups excluding carboxylic acids is 1. The predicted molar refractivity (Wildman–Crippen MR) is 83.7 cm³/mol. The largest absolute Gasteiger partial charge is 0.461 e. The van der Waals surface area contributed by atoms with E-state index < -0.39 is 5.97 Å². The molecular formula is C17H20FN3O2. The summed E-state index contributed by atoms with van der Waals surface area (Å²) in [5, 5.41) is 4.43. The minimum absolute atomic E-state index is 0.262. The maximum Gasteiger partial charge on any atom is 0.359 e. The van der Waals surface area contributed by atoms with E-state index in [1.165, 1.54) is 6.07 Å². The molecule has 0 spiro atoms. The van der Waals surface area contributed by atoms with E-state index >= 15 is 0 Å². The lowest BCUT2D eigenvalue weighted by atomic mass is 10.1. The second-order valence-corrected chi connectivity index (χ2v) is 5.73. The molecule has 1 aliphatic rings. The van der Waals surface area contributed by atoms with Crippen LogP contribution in [0.1, 0.15) is 34.2 Å². The van der Waals surface area contributed by atoms with E-state index in [4.69, 9.17) is 4.74 Å². The van der Waals surface area contributed by atoms with Gasteiger partial charge in [0.05, 0.1) is 13.2 Å². The fourth-order valence-corrected chi connectivity index (χ4v) is 2.91. The predicted octanol–water partition coefficient (Wildman–Crippen LogP) is 2.24. The molecule has 0 unspecified atom stereocenters. The van der Waals surface area contributed by atoms with Crippen LogP contribution in [0, 0.1) is 5.82 Å². The van der Waals surface area contributed by atoms with Crippen LogP contribution in [0.4, 0.5) is 4.39 Å². The van der Waals surface area contributed by atoms with Crippen molar-refractivity contribution in [2.45, 2.75) is 26.4 Å². The van der Waals surface area contributed by atoms with Crippen LogP contribution in [-0.2, 0) is 24.2 Å². The summed E-state index contributed by atoms with van der Waals surface area (Å²) in [6.07, 6.45) is 0.784. The number of carbonyl (C=O) groups is 1. The Labute approximate surface area is 134 Å². The maximum atomic E-state index is 13.9. The van der Waals surface area contributed by atoms with Gasteiger partial charge in [0.1, 0.15) is 5.82 Å². The lowest BCUT2D eigenvalue weighted by Gasteiger charge is -2.23. The molecule has 0 aliphatic carbocycles. The summed E-state index contributed by atoms with van der Waals surface area (Å²) in [7, 11) is 2.01. The van der Waals surface area contributed by atoms with E-state index in [1.54, 1.807) is 29.8 Å². The Bertz CT molecular complexity index is 727. The van der Waals surface area contributed by atoms with Crippen molar-refractivity contribution < 1.29 is 13.9 Å². The summed E-state index contributed by atoms with van der Waals surface area (Å²) in [4.78, 5) is 14.3. The Morgan fingerprint density at radius 2 is 2.17 bits per heavy atom. The lowest BCUT2D eigenvalue weighted by molar-refractivity contribution is 0.0516. The van der Waals surface area contributed by atoms with Gasteiger partial charge in [-0.1, -0.05) is 18.2 Å². The van der Waals surface area contributed by atoms with Crippen LogP contribution in [0.15, 0.2) is 24.3 Å². The second-order valence-electron chi connectivity index (χ2n) is 5.73. The van der Waals surface area contributed by atoms with E-state index in [2.05, 4.69) is 10.00 Å². The highest BCUT2D eigenvalue weighted by molar-refractivity contribution is 5.89. The van der Waals surface area contributed by atoms with Gasteiger partial charge in [-0.3, -0.25) is 4.68 Å². The highest BCUT2D eigenvalue weighted by Crippen LogP contribution is 2.24. The number of ether oxygens (including phenoxy) is 1. The van der Waals surface area contributed by atoms with Crippen molar-refractivity contribution in [3.63, 3.8) is 0 Å². The summed E-state index contributed by atoms with van der Waals surface area (Å²) in [6, 6.07) is 6.64. The standard InChI is InChI=1S/C17H20FN3O2/c1-3-23-17(22)16-13-11-20(2)9-8-15(13)21(19-16)10-12-6-4-5-7-14(12)18/h4-7H,3,8-11H2,1-2H3. The van der Waals surface area contributed by atoms with E-state index in [0.29, 0.717) is 31.0 Å². The van der Waals surface area contributed by atoms with Gasteiger partial charge in [0, 0.05) is 36.3 Å². The van der Waals surface area contributed by atoms with Gasteiger partial charge in [-0.05, 0) is 20.0 Å². The number of aromatic nitrogens is 2. The maximum absolute atomic E-state index is 13.9. The van der Waals surface area contributed by atoms with E-state index in [9.17, 15) is 9.18 Å². The molecule has 0 amide bonds. The fourth-order valence-electron chi connectivity index (χ4n) is 2.91. The zero-order chi connectivity index (χ0) is 16.4. The Hall–Kier alpha value is -2.21. The van der Waals surface area contributed by atoms with Gasteiger partial charge in [0.25, 0.3) is 0 Å². The van der Waals surface area contributed by atoms with Crippen LogP contribution < -0.4 is 0 Å². The first kappa shape index (κ1) is 15.7. The first-order chi connectivity index (χ1) is 11.1. The first-order valence-corrected chi connectivity index (χ1v) is 7.77. The molecule has 5 nitrogen and oxygen atoms in total. The quantitative estimate of drug-likeness (QED) is 0.812. The second kappa shape index (κ2) is 6.50. The molecule has 0 N–H and O–H groups in total. The van der Waals surface area contributed by atoms with Crippen LogP contribution in [0.25, 0.3) is 0 Å². The summed E-state index contributed by atoms with van der Waals surface area (Å²) in [5.74, 6) is -0.673. The van der Waals surface area contributed by atoms with Crippen LogP contribution in [0.3, 0.4) is 0 Å². The molecule has 6 heteroatoms. The van der Waals surface area contributed by atoms with Gasteiger partial charge in [-0.15, -0.1) is 0 Å². The molecule has 0 fully saturated rings. The van der Waals surface area contributed by atoms with Gasteiger partial charge >= 0.3 is 5.97 Å². The highest BCUT2D eigenvalue weighted by Gasteiger charge is 2.27. The molecule has 0 atom stereocenters. The molecule has 2 heterocycles. The number of nitrogens with zero attached hydrogens (tertiary/aromatic N) is 3. The summed E-state index contributed by atoms with van der Waals surface area (Å²) < 4.78 is 20.8. The van der Waals surface area contributed by atoms with Crippen LogP contribution >= 0.6 is 0 Å². The molecule has 3 rings (SSSR count). The third-order valence-corrected chi connectivity index (χ3v) is 4.07. The van der Waals surface area contributed by atoms with Crippen molar-refractivity contribution >= 4 is 5.97 Å². The van der Waals surface area contributed by atoms with Crippen LogP contribution in [0.5, 0.6) is 0 Å². The smallest absolute Gasteiger partial charge is 0.359 e. The van der Waals surface area contributed by atoms with Crippen molar-refractivity contribution in [1.82, 2.24) is 14.7 Å². The number of rotatable bonds is 4. The monoisotopic (exact) mass is 317 g/mol. The van der Waals surface area contributed by atoms with Gasteiger partial charge in [-0.2, -0.15) is 5.10 Å². The molecule has 1 aliphatic heterocycles. The van der Waals surface area contributed by atoms with Crippen LogP contribution in [0.2, 0.25) is 0 Å². The molecule has 122 valence electrons. The number of likely N-dealkylation sites (N-methyl/N-ethyl adjacent to an activating group) is 1. The summed E-state index contributed by atoms with van der Waals surface area (Å²) >= 11 is 0. The van der Waals surface area contributed by atoms with E-state index in [1.807, 2.05) is 7.05 Å². The number of hydrogen-bond acceptors (Lipinski definition) is 4. The number of benzene rings is 1. The molecule has 1 aromatic heterocycles. The molecule has 23 heavy (non-hydrogen) atoms. The normalized spacial score (nSPS) is 14.6. The average molecular weight is 317 g/mol. The minimum Gasteiger partial charge on any atom is -0.461 e. The molecule has 2 aromatic rings. The number of hydrogen-bond donors (Lipinski definition) is 0. The van der Waals surface area contributed by atoms with Gasteiger partial charge in [-0.25, -0.2) is 9.18 Å². The number of fused-ring (bicyclic) bond motifs is 1. The van der Waals surface area contributed by atoms with Gasteiger partial charge < -0.3 is 9.64 Å². The first-order valence-electron chi connectivity index (χ1n) is 7.77. The van der Waals surface area contributed by atoms with E-state index in [0.717, 1.165) is 24.2 Å². The summed E-state index contributed by atoms with van der Waals surface area (Å²) in [6.45, 7) is 3.94. The fraction of sp³-hybridized carbons (Fsp3) is 0.412. The molecule has 1 aromatic carbocycles. The van der Waals surface area contributed by atoms with Crippen molar-refractivity contribution in [1.29, 1.82) is 0 Å². The molecule has 0 saturated carbocycles. The van der Waals surface area contributed by atoms with Crippen molar-refractivity contribution in [2.75, 3.05) is 20.2 Å². The lowest BCUT2D eigenvalue weighted by Crippen LogP contribution is -2.28. The Morgan fingerprint density at radius 1 is 1.39 bits per heavy atom. The minimum atomic E-state index is -0.411. The zero-order valence-electron chi connectivity index (χ0n) is 13.4. The molecule has 0 bridgehead atoms. The SMILES string of the molecule is CCOC(=O)c1nn(Cc2ccccc2F)c2c1CN(C)CC2. The molecule has 0 saturated heterocycles. The Balaban J connectivity index is 1.99. The van der Waals surface area contributed by atoms with Crippen molar-refractivity contribution in [2.24, 2.45) is 0 Å². The zero-order valence-corrected chi connectivity index (χ0v) is 13.4. The van der Waals surface area contributed by atoms with Crippen molar-refractivity contribution in [3.8, 4) is 0 Å². The van der Waals surface area contributed by atoms with Crippen LogP contribution in [-0.4, -0.2) is 40.8 Å². The Kier molecular flexibility index (Phi) is 4.43.